The highest BCUT2D eigenvalue weighted by molar-refractivity contribution is 6.31. The molecule has 17 heteroatoms. The number of fused-ring (bicyclic) bond motifs is 1. The van der Waals surface area contributed by atoms with Crippen LogP contribution in [0.4, 0.5) is 16.4 Å². The van der Waals surface area contributed by atoms with Gasteiger partial charge in [-0.1, -0.05) is 23.7 Å². The summed E-state index contributed by atoms with van der Waals surface area (Å²) in [5.74, 6) is 0.254. The van der Waals surface area contributed by atoms with Crippen molar-refractivity contribution in [1.82, 2.24) is 25.5 Å². The number of halogens is 1. The molecule has 0 radical (unpaired) electrons. The van der Waals surface area contributed by atoms with Gasteiger partial charge in [0.15, 0.2) is 5.96 Å². The summed E-state index contributed by atoms with van der Waals surface area (Å²) in [6.07, 6.45) is 1.25. The summed E-state index contributed by atoms with van der Waals surface area (Å²) in [4.78, 5) is 40.7. The molecule has 0 bridgehead atoms. The van der Waals surface area contributed by atoms with Gasteiger partial charge in [-0.25, -0.2) is 14.8 Å². The Balaban J connectivity index is 0.996. The number of nitrogens with zero attached hydrogens (tertiary/aromatic N) is 5. The third kappa shape index (κ3) is 16.1. The zero-order valence-electron chi connectivity index (χ0n) is 31.1. The fraction of sp³-hybridized carbons (Fsp3) is 0.541. The number of piperazine rings is 1. The van der Waals surface area contributed by atoms with E-state index in [-0.39, 0.29) is 23.7 Å². The second-order valence-corrected chi connectivity index (χ2v) is 12.9. The van der Waals surface area contributed by atoms with Crippen LogP contribution in [0.3, 0.4) is 0 Å². The van der Waals surface area contributed by atoms with Gasteiger partial charge in [0.2, 0.25) is 0 Å². The number of guanidine groups is 1. The molecule has 2 aromatic carbocycles. The number of rotatable bonds is 25. The third-order valence-corrected chi connectivity index (χ3v) is 8.52. The van der Waals surface area contributed by atoms with Crippen molar-refractivity contribution in [1.29, 1.82) is 0 Å². The van der Waals surface area contributed by atoms with Crippen LogP contribution < -0.4 is 27.0 Å². The number of carbonyl (C=O) groups is 2. The molecular weight excluding hydrogens is 718 g/mol. The van der Waals surface area contributed by atoms with Crippen LogP contribution in [0.15, 0.2) is 47.5 Å². The molecule has 54 heavy (non-hydrogen) atoms. The molecule has 296 valence electrons. The molecule has 6 N–H and O–H groups in total. The number of nitrogens with two attached hydrogens (primary N) is 2. The fourth-order valence-electron chi connectivity index (χ4n) is 5.57. The monoisotopic (exact) mass is 771 g/mol. The van der Waals surface area contributed by atoms with Crippen molar-refractivity contribution in [3.8, 4) is 11.3 Å². The number of urea groups is 1. The summed E-state index contributed by atoms with van der Waals surface area (Å²) < 4.78 is 27.7. The zero-order chi connectivity index (χ0) is 38.4. The number of carbonyl (C=O) groups excluding carboxylic acids is 2. The Labute approximate surface area is 321 Å². The number of ketones is 1. The summed E-state index contributed by atoms with van der Waals surface area (Å²) in [6, 6.07) is 13.5. The van der Waals surface area contributed by atoms with Crippen molar-refractivity contribution < 1.29 is 33.3 Å². The number of anilines is 1. The van der Waals surface area contributed by atoms with Gasteiger partial charge in [0, 0.05) is 80.5 Å². The molecule has 1 saturated heterocycles. The number of hydrogen-bond acceptors (Lipinski definition) is 12. The molecular formula is C37H54ClN9O7. The van der Waals surface area contributed by atoms with E-state index in [1.54, 1.807) is 13.0 Å². The van der Waals surface area contributed by atoms with E-state index in [4.69, 9.17) is 46.8 Å². The van der Waals surface area contributed by atoms with Gasteiger partial charge in [-0.2, -0.15) is 4.99 Å². The lowest BCUT2D eigenvalue weighted by Crippen LogP contribution is -2.47. The first kappa shape index (κ1) is 42.6. The summed E-state index contributed by atoms with van der Waals surface area (Å²) in [6.45, 7) is 11.6. The lowest BCUT2D eigenvalue weighted by atomic mass is 10.1. The Kier molecular flexibility index (Phi) is 19.2. The van der Waals surface area contributed by atoms with Crippen molar-refractivity contribution in [2.75, 3.05) is 117 Å². The molecule has 16 nitrogen and oxygen atoms in total. The smallest absolute Gasteiger partial charge is 0.314 e. The number of aromatic nitrogens is 2. The minimum atomic E-state index is -0.275. The van der Waals surface area contributed by atoms with E-state index in [0.717, 1.165) is 55.8 Å². The van der Waals surface area contributed by atoms with Crippen LogP contribution in [0.25, 0.3) is 22.2 Å². The van der Waals surface area contributed by atoms with Crippen LogP contribution in [-0.4, -0.2) is 145 Å². The Morgan fingerprint density at radius 1 is 0.796 bits per heavy atom. The normalized spacial score (nSPS) is 13.3. The number of amides is 2. The van der Waals surface area contributed by atoms with Crippen molar-refractivity contribution in [2.45, 2.75) is 19.8 Å². The number of hydrogen-bond donors (Lipinski definition) is 4. The predicted molar refractivity (Wildman–Crippen MR) is 210 cm³/mol. The van der Waals surface area contributed by atoms with Gasteiger partial charge in [0.1, 0.15) is 5.78 Å². The van der Waals surface area contributed by atoms with E-state index in [1.807, 2.05) is 24.3 Å². The quantitative estimate of drug-likeness (QED) is 0.0557. The molecule has 2 amide bonds. The van der Waals surface area contributed by atoms with E-state index >= 15 is 0 Å². The van der Waals surface area contributed by atoms with Crippen LogP contribution in [-0.2, 0) is 28.5 Å². The largest absolute Gasteiger partial charge is 0.379 e. The summed E-state index contributed by atoms with van der Waals surface area (Å²) >= 11 is 6.33. The minimum Gasteiger partial charge on any atom is -0.379 e. The molecule has 2 heterocycles. The van der Waals surface area contributed by atoms with Crippen LogP contribution >= 0.6 is 11.6 Å². The molecule has 1 aliphatic heterocycles. The van der Waals surface area contributed by atoms with Gasteiger partial charge in [0.25, 0.3) is 5.95 Å². The SMILES string of the molecule is CC(=O)CCCOCCOCCNC(=O)NCCOCCOCCOCCN1CCN(c2cccc(-c3nc(N=C(N)N)nc4ccc(Cl)cc34)c2)CC1. The van der Waals surface area contributed by atoms with Crippen LogP contribution in [0.1, 0.15) is 19.8 Å². The average Bonchev–Trinajstić information content (AvgIpc) is 3.15. The standard InChI is InChI=1S/C37H54ClN9O7/c1-28(48)4-3-16-50-20-21-51-17-9-41-37(49)42-10-18-52-22-24-54-25-23-53-19-15-46-11-13-47(14-12-46)31-6-2-5-29(26-31)34-32-27-30(38)7-8-33(32)43-36(44-34)45-35(39)40/h2,5-8,26-27H,3-4,9-25H2,1H3,(H2,41,42,49)(H4,39,40,43,44,45). The lowest BCUT2D eigenvalue weighted by molar-refractivity contribution is -0.117. The van der Waals surface area contributed by atoms with Crippen molar-refractivity contribution in [3.63, 3.8) is 0 Å². The first-order chi connectivity index (χ1) is 26.3. The first-order valence-corrected chi connectivity index (χ1v) is 18.7. The molecule has 1 aliphatic rings. The maximum absolute atomic E-state index is 11.8. The highest BCUT2D eigenvalue weighted by Crippen LogP contribution is 2.32. The van der Waals surface area contributed by atoms with Crippen molar-refractivity contribution in [2.24, 2.45) is 16.5 Å². The number of ether oxygens (including phenoxy) is 5. The predicted octanol–water partition coefficient (Wildman–Crippen LogP) is 2.73. The molecule has 0 aliphatic carbocycles. The van der Waals surface area contributed by atoms with Crippen molar-refractivity contribution >= 4 is 51.9 Å². The Morgan fingerprint density at radius 2 is 1.43 bits per heavy atom. The highest BCUT2D eigenvalue weighted by Gasteiger charge is 2.18. The number of benzene rings is 2. The van der Waals surface area contributed by atoms with Gasteiger partial charge >= 0.3 is 6.03 Å². The molecule has 0 unspecified atom stereocenters. The van der Waals surface area contributed by atoms with E-state index in [2.05, 4.69) is 47.5 Å². The highest BCUT2D eigenvalue weighted by atomic mass is 35.5. The molecule has 0 saturated carbocycles. The van der Waals surface area contributed by atoms with Crippen LogP contribution in [0.2, 0.25) is 5.02 Å². The van der Waals surface area contributed by atoms with Gasteiger partial charge < -0.3 is 55.5 Å². The average molecular weight is 772 g/mol. The summed E-state index contributed by atoms with van der Waals surface area (Å²) in [7, 11) is 0. The molecule has 0 atom stereocenters. The zero-order valence-corrected chi connectivity index (χ0v) is 31.9. The molecule has 0 spiro atoms. The summed E-state index contributed by atoms with van der Waals surface area (Å²) in [5, 5.41) is 6.87. The lowest BCUT2D eigenvalue weighted by Gasteiger charge is -2.36. The van der Waals surface area contributed by atoms with E-state index < -0.39 is 0 Å². The number of Topliss-reactive ketones (excluding diaryl/α,β-unsaturated/α-hetero) is 1. The second kappa shape index (κ2) is 24.3. The van der Waals surface area contributed by atoms with Crippen LogP contribution in [0, 0.1) is 0 Å². The molecule has 3 aromatic rings. The van der Waals surface area contributed by atoms with Gasteiger partial charge in [-0.05, 0) is 43.7 Å². The Bertz CT molecular complexity index is 1620. The maximum atomic E-state index is 11.8. The van der Waals surface area contributed by atoms with E-state index in [1.165, 1.54) is 0 Å². The van der Waals surface area contributed by atoms with Crippen molar-refractivity contribution in [3.05, 3.63) is 47.5 Å². The maximum Gasteiger partial charge on any atom is 0.314 e. The summed E-state index contributed by atoms with van der Waals surface area (Å²) in [5.41, 5.74) is 14.7. The molecule has 4 rings (SSSR count). The topological polar surface area (TPSA) is 201 Å². The van der Waals surface area contributed by atoms with E-state index in [0.29, 0.717) is 102 Å². The first-order valence-electron chi connectivity index (χ1n) is 18.3. The minimum absolute atomic E-state index is 0.107. The number of nitrogens with one attached hydrogen (secondary N) is 2. The van der Waals surface area contributed by atoms with E-state index in [9.17, 15) is 9.59 Å². The number of aliphatic imine (C=N–C) groups is 1. The molecule has 1 aromatic heterocycles. The third-order valence-electron chi connectivity index (χ3n) is 8.28. The van der Waals surface area contributed by atoms with Gasteiger partial charge in [0.05, 0.1) is 70.7 Å². The fourth-order valence-corrected chi connectivity index (χ4v) is 5.74. The van der Waals surface area contributed by atoms with Gasteiger partial charge in [-0.15, -0.1) is 0 Å². The Morgan fingerprint density at radius 3 is 2.07 bits per heavy atom. The Hall–Kier alpha value is -4.16. The van der Waals surface area contributed by atoms with Crippen LogP contribution in [0.5, 0.6) is 0 Å². The molecule has 1 fully saturated rings. The van der Waals surface area contributed by atoms with Gasteiger partial charge in [-0.3, -0.25) is 4.90 Å². The second-order valence-electron chi connectivity index (χ2n) is 12.5.